The molecule has 0 saturated carbocycles. The van der Waals surface area contributed by atoms with Crippen LogP contribution in [0, 0.1) is 6.92 Å². The van der Waals surface area contributed by atoms with Crippen molar-refractivity contribution in [1.29, 1.82) is 0 Å². The first-order valence-corrected chi connectivity index (χ1v) is 8.44. The Morgan fingerprint density at radius 2 is 2.04 bits per heavy atom. The fourth-order valence-electron chi connectivity index (χ4n) is 2.66. The number of aromatic nitrogens is 1. The van der Waals surface area contributed by atoms with E-state index in [4.69, 9.17) is 11.6 Å². The minimum Gasteiger partial charge on any atom is -0.480 e. The predicted octanol–water partition coefficient (Wildman–Crippen LogP) is 2.61. The normalized spacial score (nSPS) is 12.4. The number of benzene rings is 1. The lowest BCUT2D eigenvalue weighted by molar-refractivity contribution is -0.142. The van der Waals surface area contributed by atoms with E-state index in [-0.39, 0.29) is 12.5 Å². The van der Waals surface area contributed by atoms with Gasteiger partial charge in [-0.2, -0.15) is 0 Å². The van der Waals surface area contributed by atoms with Crippen molar-refractivity contribution in [1.82, 2.24) is 15.2 Å². The Hall–Kier alpha value is -2.18. The quantitative estimate of drug-likeness (QED) is 0.790. The molecule has 2 rings (SSSR count). The summed E-state index contributed by atoms with van der Waals surface area (Å²) >= 11 is 6.48. The van der Waals surface area contributed by atoms with E-state index >= 15 is 0 Å². The molecule has 7 heteroatoms. The van der Waals surface area contributed by atoms with Crippen LogP contribution in [0.4, 0.5) is 0 Å². The summed E-state index contributed by atoms with van der Waals surface area (Å²) in [4.78, 5) is 28.8. The fourth-order valence-corrected chi connectivity index (χ4v) is 2.86. The molecule has 0 aliphatic heterocycles. The number of pyridine rings is 1. The highest BCUT2D eigenvalue weighted by Gasteiger charge is 2.23. The zero-order valence-electron chi connectivity index (χ0n) is 14.5. The van der Waals surface area contributed by atoms with Crippen molar-refractivity contribution >= 4 is 34.4 Å². The summed E-state index contributed by atoms with van der Waals surface area (Å²) in [5.74, 6) is -1.09. The summed E-state index contributed by atoms with van der Waals surface area (Å²) in [7, 11) is 0. The number of amides is 1. The molecule has 0 bridgehead atoms. The molecule has 2 aromatic rings. The average Bonchev–Trinajstić information content (AvgIpc) is 2.57. The van der Waals surface area contributed by atoms with Gasteiger partial charge in [-0.3, -0.25) is 14.5 Å². The van der Waals surface area contributed by atoms with Crippen molar-refractivity contribution in [2.75, 3.05) is 13.1 Å². The summed E-state index contributed by atoms with van der Waals surface area (Å²) in [5, 5.41) is 13.6. The number of para-hydroxylation sites is 1. The number of aliphatic carboxylic acids is 1. The van der Waals surface area contributed by atoms with Crippen LogP contribution in [0.15, 0.2) is 24.3 Å². The van der Waals surface area contributed by atoms with Crippen LogP contribution in [0.5, 0.6) is 0 Å². The molecule has 0 aliphatic carbocycles. The maximum atomic E-state index is 11.4. The first-order chi connectivity index (χ1) is 11.8. The molecule has 0 fully saturated rings. The Labute approximate surface area is 151 Å². The van der Waals surface area contributed by atoms with Crippen molar-refractivity contribution < 1.29 is 14.7 Å². The third-order valence-corrected chi connectivity index (χ3v) is 4.68. The van der Waals surface area contributed by atoms with Gasteiger partial charge in [0.25, 0.3) is 0 Å². The van der Waals surface area contributed by atoms with Gasteiger partial charge in [0.1, 0.15) is 6.04 Å². The number of carboxylic acids is 1. The lowest BCUT2D eigenvalue weighted by atomic mass is 10.1. The van der Waals surface area contributed by atoms with E-state index in [0.717, 1.165) is 16.5 Å². The zero-order valence-corrected chi connectivity index (χ0v) is 15.3. The first kappa shape index (κ1) is 19.1. The molecule has 1 amide bonds. The van der Waals surface area contributed by atoms with E-state index in [2.05, 4.69) is 10.3 Å². The van der Waals surface area contributed by atoms with Gasteiger partial charge in [-0.05, 0) is 25.5 Å². The van der Waals surface area contributed by atoms with Gasteiger partial charge in [0, 0.05) is 31.9 Å². The Balaban J connectivity index is 2.30. The minimum atomic E-state index is -0.934. The first-order valence-electron chi connectivity index (χ1n) is 8.06. The highest BCUT2D eigenvalue weighted by atomic mass is 35.5. The highest BCUT2D eigenvalue weighted by Crippen LogP contribution is 2.28. The number of carbonyl (C=O) groups is 2. The molecule has 0 radical (unpaired) electrons. The molecule has 25 heavy (non-hydrogen) atoms. The number of carboxylic acid groups (broad SMARTS) is 1. The molecule has 1 aromatic carbocycles. The molecule has 0 saturated heterocycles. The summed E-state index contributed by atoms with van der Waals surface area (Å²) < 4.78 is 0. The largest absolute Gasteiger partial charge is 0.480 e. The van der Waals surface area contributed by atoms with Crippen LogP contribution in [0.1, 0.15) is 25.1 Å². The number of carbonyl (C=O) groups excluding carboxylic acids is 1. The third kappa shape index (κ3) is 4.67. The van der Waals surface area contributed by atoms with Crippen molar-refractivity contribution in [3.05, 3.63) is 40.5 Å². The van der Waals surface area contributed by atoms with Crippen molar-refractivity contribution in [2.24, 2.45) is 0 Å². The van der Waals surface area contributed by atoms with Crippen LogP contribution in [0.3, 0.4) is 0 Å². The average molecular weight is 364 g/mol. The lowest BCUT2D eigenvalue weighted by Crippen LogP contribution is -2.43. The van der Waals surface area contributed by atoms with Crippen LogP contribution in [0.2, 0.25) is 5.02 Å². The summed E-state index contributed by atoms with van der Waals surface area (Å²) in [6.07, 6.45) is 0. The van der Waals surface area contributed by atoms with Gasteiger partial charge in [-0.15, -0.1) is 0 Å². The SMILES string of the molecule is CC(=O)NCCN(Cc1nc2ccccc2c(C)c1Cl)C(C)C(=O)O. The Kier molecular flexibility index (Phi) is 6.33. The van der Waals surface area contributed by atoms with Gasteiger partial charge < -0.3 is 10.4 Å². The molecule has 6 nitrogen and oxygen atoms in total. The number of fused-ring (bicyclic) bond motifs is 1. The maximum absolute atomic E-state index is 11.4. The van der Waals surface area contributed by atoms with Gasteiger partial charge >= 0.3 is 5.97 Å². The number of halogens is 1. The molecule has 0 spiro atoms. The van der Waals surface area contributed by atoms with Crippen LogP contribution in [-0.2, 0) is 16.1 Å². The Bertz CT molecular complexity index is 794. The van der Waals surface area contributed by atoms with Crippen molar-refractivity contribution in [3.8, 4) is 0 Å². The summed E-state index contributed by atoms with van der Waals surface area (Å²) in [6.45, 7) is 6.00. The fraction of sp³-hybridized carbons (Fsp3) is 0.389. The number of nitrogens with one attached hydrogen (secondary N) is 1. The molecule has 2 N–H and O–H groups in total. The Morgan fingerprint density at radius 3 is 2.68 bits per heavy atom. The second kappa shape index (κ2) is 8.27. The van der Waals surface area contributed by atoms with Gasteiger partial charge in [0.2, 0.25) is 5.91 Å². The van der Waals surface area contributed by atoms with Crippen molar-refractivity contribution in [2.45, 2.75) is 33.4 Å². The maximum Gasteiger partial charge on any atom is 0.320 e. The topological polar surface area (TPSA) is 82.5 Å². The van der Waals surface area contributed by atoms with Gasteiger partial charge in [-0.25, -0.2) is 4.98 Å². The van der Waals surface area contributed by atoms with E-state index in [9.17, 15) is 14.7 Å². The van der Waals surface area contributed by atoms with Crippen LogP contribution in [-0.4, -0.2) is 46.0 Å². The van der Waals surface area contributed by atoms with Crippen molar-refractivity contribution in [3.63, 3.8) is 0 Å². The van der Waals surface area contributed by atoms with Crippen LogP contribution >= 0.6 is 11.6 Å². The van der Waals surface area contributed by atoms with Gasteiger partial charge in [0.15, 0.2) is 0 Å². The van der Waals surface area contributed by atoms with E-state index in [1.807, 2.05) is 31.2 Å². The second-order valence-corrected chi connectivity index (χ2v) is 6.36. The van der Waals surface area contributed by atoms with Gasteiger partial charge in [-0.1, -0.05) is 29.8 Å². The van der Waals surface area contributed by atoms with Crippen LogP contribution < -0.4 is 5.32 Å². The molecular weight excluding hydrogens is 342 g/mol. The molecular formula is C18H22ClN3O3. The minimum absolute atomic E-state index is 0.152. The van der Waals surface area contributed by atoms with E-state index in [1.165, 1.54) is 6.92 Å². The molecule has 1 heterocycles. The number of hydrogen-bond donors (Lipinski definition) is 2. The van der Waals surface area contributed by atoms with E-state index in [0.29, 0.717) is 23.8 Å². The molecule has 0 aliphatic rings. The second-order valence-electron chi connectivity index (χ2n) is 5.98. The molecule has 1 aromatic heterocycles. The summed E-state index contributed by atoms with van der Waals surface area (Å²) in [6, 6.07) is 6.98. The number of aryl methyl sites for hydroxylation is 1. The number of rotatable bonds is 7. The predicted molar refractivity (Wildman–Crippen MR) is 97.7 cm³/mol. The zero-order chi connectivity index (χ0) is 18.6. The molecule has 1 unspecified atom stereocenters. The number of nitrogens with zero attached hydrogens (tertiary/aromatic N) is 2. The van der Waals surface area contributed by atoms with Crippen LogP contribution in [0.25, 0.3) is 10.9 Å². The summed E-state index contributed by atoms with van der Waals surface area (Å²) in [5.41, 5.74) is 2.38. The molecule has 1 atom stereocenters. The van der Waals surface area contributed by atoms with E-state index in [1.54, 1.807) is 11.8 Å². The Morgan fingerprint density at radius 1 is 1.36 bits per heavy atom. The van der Waals surface area contributed by atoms with E-state index < -0.39 is 12.0 Å². The lowest BCUT2D eigenvalue weighted by Gasteiger charge is -2.26. The number of hydrogen-bond acceptors (Lipinski definition) is 4. The highest BCUT2D eigenvalue weighted by molar-refractivity contribution is 6.32. The monoisotopic (exact) mass is 363 g/mol. The smallest absolute Gasteiger partial charge is 0.320 e. The van der Waals surface area contributed by atoms with Gasteiger partial charge in [0.05, 0.1) is 16.2 Å². The third-order valence-electron chi connectivity index (χ3n) is 4.18. The molecule has 134 valence electrons. The standard InChI is InChI=1S/C18H22ClN3O3/c1-11-14-6-4-5-7-15(14)21-16(17(11)19)10-22(12(2)18(24)25)9-8-20-13(3)23/h4-7,12H,8-10H2,1-3H3,(H,20,23)(H,24,25).